The van der Waals surface area contributed by atoms with Gasteiger partial charge in [-0.2, -0.15) is 0 Å². The Labute approximate surface area is 88.1 Å². The fraction of sp³-hybridized carbons (Fsp3) is 1.00. The predicted molar refractivity (Wildman–Crippen MR) is 68.3 cm³/mol. The molecule has 0 heterocycles. The maximum atomic E-state index is 2.31. The molecule has 0 nitrogen and oxygen atoms in total. The molecule has 1 rings (SSSR count). The van der Waals surface area contributed by atoms with E-state index in [1.54, 1.807) is 0 Å². The molecule has 0 atom stereocenters. The van der Waals surface area contributed by atoms with Crippen LogP contribution in [0.3, 0.4) is 0 Å². The van der Waals surface area contributed by atoms with Crippen molar-refractivity contribution in [2.45, 2.75) is 69.7 Å². The molecule has 0 aromatic carbocycles. The summed E-state index contributed by atoms with van der Waals surface area (Å²) in [5.41, 5.74) is 0. The molecule has 0 radical (unpaired) electrons. The van der Waals surface area contributed by atoms with Gasteiger partial charge in [0.2, 0.25) is 0 Å². The lowest BCUT2D eigenvalue weighted by Gasteiger charge is -1.66. The van der Waals surface area contributed by atoms with E-state index in [9.17, 15) is 0 Å². The largest absolute Gasteiger partial charge is 0.0776 e. The van der Waals surface area contributed by atoms with Crippen LogP contribution in [0.25, 0.3) is 0 Å². The standard InChI is InChI=1S/C6H12.3C2H6.CH4/c1-4-5(2)6(4)3;3*1-2;/h4-6H,1-3H3;3*1-2H3;1H4. The van der Waals surface area contributed by atoms with Crippen molar-refractivity contribution >= 4 is 0 Å². The smallest absolute Gasteiger partial charge is 0.0386 e. The fourth-order valence-corrected chi connectivity index (χ4v) is 0.911. The summed E-state index contributed by atoms with van der Waals surface area (Å²) in [6, 6.07) is 0. The third-order valence-electron chi connectivity index (χ3n) is 2.35. The highest BCUT2D eigenvalue weighted by Gasteiger charge is 2.37. The maximum absolute atomic E-state index is 2.31. The van der Waals surface area contributed by atoms with Crippen molar-refractivity contribution in [3.8, 4) is 0 Å². The molecule has 0 aliphatic heterocycles. The van der Waals surface area contributed by atoms with E-state index < -0.39 is 0 Å². The van der Waals surface area contributed by atoms with E-state index in [4.69, 9.17) is 0 Å². The molecule has 0 unspecified atom stereocenters. The second-order valence-electron chi connectivity index (χ2n) is 2.58. The minimum Gasteiger partial charge on any atom is -0.0776 e. The highest BCUT2D eigenvalue weighted by atomic mass is 14.4. The summed E-state index contributed by atoms with van der Waals surface area (Å²) in [4.78, 5) is 0. The highest BCUT2D eigenvalue weighted by molar-refractivity contribution is 4.86. The molecule has 1 aliphatic rings. The van der Waals surface area contributed by atoms with Crippen LogP contribution in [0.1, 0.15) is 69.7 Å². The minimum atomic E-state index is 0. The first kappa shape index (κ1) is 23.1. The van der Waals surface area contributed by atoms with Crippen molar-refractivity contribution in [3.05, 3.63) is 0 Å². The SMILES string of the molecule is C.CC.CC.CC.CC1C(C)C1C. The molecule has 0 amide bonds. The molecule has 0 aromatic rings. The summed E-state index contributed by atoms with van der Waals surface area (Å²) in [6.07, 6.45) is 0. The van der Waals surface area contributed by atoms with Crippen LogP contribution >= 0.6 is 0 Å². The van der Waals surface area contributed by atoms with Gasteiger partial charge in [-0.05, 0) is 17.8 Å². The summed E-state index contributed by atoms with van der Waals surface area (Å²) in [6.45, 7) is 18.9. The van der Waals surface area contributed by atoms with Gasteiger partial charge in [0.1, 0.15) is 0 Å². The molecule has 0 heteroatoms. The average Bonchev–Trinajstić information content (AvgIpc) is 2.72. The molecule has 0 N–H and O–H groups in total. The monoisotopic (exact) mass is 190 g/mol. The molecular formula is C13H34. The molecule has 1 fully saturated rings. The maximum Gasteiger partial charge on any atom is -0.0386 e. The number of hydrogen-bond acceptors (Lipinski definition) is 0. The molecule has 86 valence electrons. The first-order valence-corrected chi connectivity index (χ1v) is 5.73. The quantitative estimate of drug-likeness (QED) is 0.465. The summed E-state index contributed by atoms with van der Waals surface area (Å²) < 4.78 is 0. The van der Waals surface area contributed by atoms with E-state index >= 15 is 0 Å². The first-order valence-electron chi connectivity index (χ1n) is 5.73. The topological polar surface area (TPSA) is 0 Å². The van der Waals surface area contributed by atoms with E-state index in [0.717, 1.165) is 17.8 Å². The Bertz CT molecular complexity index is 36.8. The minimum absolute atomic E-state index is 0. The van der Waals surface area contributed by atoms with E-state index in [1.807, 2.05) is 41.5 Å². The van der Waals surface area contributed by atoms with Crippen molar-refractivity contribution < 1.29 is 0 Å². The van der Waals surface area contributed by atoms with Crippen LogP contribution in [0.2, 0.25) is 0 Å². The van der Waals surface area contributed by atoms with Gasteiger partial charge in [-0.3, -0.25) is 0 Å². The zero-order chi connectivity index (χ0) is 10.7. The molecule has 0 saturated heterocycles. The fourth-order valence-electron chi connectivity index (χ4n) is 0.911. The zero-order valence-corrected chi connectivity index (χ0v) is 10.7. The third kappa shape index (κ3) is 12.0. The van der Waals surface area contributed by atoms with Crippen LogP contribution in [-0.2, 0) is 0 Å². The van der Waals surface area contributed by atoms with E-state index in [1.165, 1.54) is 0 Å². The van der Waals surface area contributed by atoms with Crippen molar-refractivity contribution in [1.82, 2.24) is 0 Å². The average molecular weight is 190 g/mol. The third-order valence-corrected chi connectivity index (χ3v) is 2.35. The summed E-state index contributed by atoms with van der Waals surface area (Å²) >= 11 is 0. The van der Waals surface area contributed by atoms with Gasteiger partial charge in [-0.15, -0.1) is 0 Å². The molecule has 1 aliphatic carbocycles. The molecular weight excluding hydrogens is 156 g/mol. The van der Waals surface area contributed by atoms with E-state index in [2.05, 4.69) is 20.8 Å². The van der Waals surface area contributed by atoms with Gasteiger partial charge in [-0.25, -0.2) is 0 Å². The van der Waals surface area contributed by atoms with Crippen LogP contribution < -0.4 is 0 Å². The molecule has 0 spiro atoms. The van der Waals surface area contributed by atoms with E-state index in [0.29, 0.717) is 0 Å². The van der Waals surface area contributed by atoms with Crippen molar-refractivity contribution in [2.24, 2.45) is 17.8 Å². The lowest BCUT2D eigenvalue weighted by atomic mass is 10.4. The molecule has 0 aromatic heterocycles. The van der Waals surface area contributed by atoms with Crippen molar-refractivity contribution in [2.75, 3.05) is 0 Å². The Hall–Kier alpha value is 0. The second-order valence-corrected chi connectivity index (χ2v) is 2.58. The van der Waals surface area contributed by atoms with Gasteiger partial charge in [0.15, 0.2) is 0 Å². The van der Waals surface area contributed by atoms with Gasteiger partial charge in [0.25, 0.3) is 0 Å². The second kappa shape index (κ2) is 17.9. The summed E-state index contributed by atoms with van der Waals surface area (Å²) in [5, 5.41) is 0. The lowest BCUT2D eigenvalue weighted by molar-refractivity contribution is 0.834. The Morgan fingerprint density at radius 3 is 0.538 bits per heavy atom. The van der Waals surface area contributed by atoms with Gasteiger partial charge < -0.3 is 0 Å². The molecule has 13 heavy (non-hydrogen) atoms. The van der Waals surface area contributed by atoms with Gasteiger partial charge in [0, 0.05) is 0 Å². The van der Waals surface area contributed by atoms with Crippen molar-refractivity contribution in [3.63, 3.8) is 0 Å². The normalized spacial score (nSPS) is 27.0. The van der Waals surface area contributed by atoms with Gasteiger partial charge in [0.05, 0.1) is 0 Å². The van der Waals surface area contributed by atoms with E-state index in [-0.39, 0.29) is 7.43 Å². The summed E-state index contributed by atoms with van der Waals surface area (Å²) in [5.74, 6) is 3.06. The number of rotatable bonds is 0. The lowest BCUT2D eigenvalue weighted by Crippen LogP contribution is -1.58. The Kier molecular flexibility index (Phi) is 31.9. The Balaban J connectivity index is -0.0000000508. The number of hydrogen-bond donors (Lipinski definition) is 0. The van der Waals surface area contributed by atoms with Gasteiger partial charge in [-0.1, -0.05) is 69.7 Å². The zero-order valence-electron chi connectivity index (χ0n) is 10.7. The molecule has 0 bridgehead atoms. The highest BCUT2D eigenvalue weighted by Crippen LogP contribution is 2.44. The van der Waals surface area contributed by atoms with Gasteiger partial charge >= 0.3 is 0 Å². The van der Waals surface area contributed by atoms with Crippen molar-refractivity contribution in [1.29, 1.82) is 0 Å². The van der Waals surface area contributed by atoms with Crippen LogP contribution in [0.4, 0.5) is 0 Å². The summed E-state index contributed by atoms with van der Waals surface area (Å²) in [7, 11) is 0. The Morgan fingerprint density at radius 1 is 0.462 bits per heavy atom. The predicted octanol–water partition coefficient (Wildman–Crippen LogP) is 5.62. The Morgan fingerprint density at radius 2 is 0.538 bits per heavy atom. The first-order chi connectivity index (χ1) is 5.73. The molecule has 1 saturated carbocycles. The van der Waals surface area contributed by atoms with Crippen LogP contribution in [0.15, 0.2) is 0 Å². The van der Waals surface area contributed by atoms with Crippen LogP contribution in [0, 0.1) is 17.8 Å². The van der Waals surface area contributed by atoms with Crippen LogP contribution in [0.5, 0.6) is 0 Å². The van der Waals surface area contributed by atoms with Crippen LogP contribution in [-0.4, -0.2) is 0 Å².